The van der Waals surface area contributed by atoms with Gasteiger partial charge in [-0.1, -0.05) is 49.4 Å². The quantitative estimate of drug-likeness (QED) is 0.207. The Kier molecular flexibility index (Phi) is 20.9. The van der Waals surface area contributed by atoms with Crippen LogP contribution in [0, 0.1) is 5.92 Å². The van der Waals surface area contributed by atoms with E-state index < -0.39 is 0 Å². The minimum atomic E-state index is 0.133. The maximum atomic E-state index is 12.9. The van der Waals surface area contributed by atoms with Gasteiger partial charge in [-0.05, 0) is 95.3 Å². The average Bonchev–Trinajstić information content (AvgIpc) is 3.13. The molecule has 224 valence electrons. The van der Waals surface area contributed by atoms with Crippen LogP contribution in [0.15, 0.2) is 63.2 Å². The van der Waals surface area contributed by atoms with E-state index in [1.807, 2.05) is 24.3 Å². The molecular formula is C34H54ClN3O2. The topological polar surface area (TPSA) is 43.9 Å². The molecule has 1 amide bonds. The van der Waals surface area contributed by atoms with Crippen LogP contribution < -0.4 is 0 Å². The Morgan fingerprint density at radius 2 is 1.90 bits per heavy atom. The Balaban J connectivity index is 0.00000363. The number of benzene rings is 1. The molecule has 0 aliphatic carbocycles. The molecule has 1 fully saturated rings. The number of likely N-dealkylation sites (tertiary alicyclic amines) is 1. The first-order valence-corrected chi connectivity index (χ1v) is 14.8. The maximum Gasteiger partial charge on any atom is 0.223 e. The highest BCUT2D eigenvalue weighted by Crippen LogP contribution is 2.24. The van der Waals surface area contributed by atoms with Crippen molar-refractivity contribution in [3.63, 3.8) is 0 Å². The zero-order chi connectivity index (χ0) is 30.5. The molecule has 6 heteroatoms. The van der Waals surface area contributed by atoms with Gasteiger partial charge in [-0.3, -0.25) is 14.5 Å². The molecule has 2 atom stereocenters. The fourth-order valence-corrected chi connectivity index (χ4v) is 4.88. The number of Topliss-reactive ketones (excluding diaryl/α,β-unsaturated/α-hetero) is 1. The predicted octanol–water partition coefficient (Wildman–Crippen LogP) is 7.33. The van der Waals surface area contributed by atoms with E-state index in [-0.39, 0.29) is 18.2 Å². The second kappa shape index (κ2) is 22.2. The van der Waals surface area contributed by atoms with E-state index in [1.165, 1.54) is 5.56 Å². The number of halogens is 1. The molecule has 1 aromatic carbocycles. The molecule has 5 nitrogen and oxygen atoms in total. The summed E-state index contributed by atoms with van der Waals surface area (Å²) in [5.74, 6) is 0.662. The van der Waals surface area contributed by atoms with E-state index in [2.05, 4.69) is 82.8 Å². The van der Waals surface area contributed by atoms with E-state index >= 15 is 0 Å². The fourth-order valence-electron chi connectivity index (χ4n) is 4.69. The number of allylic oxidation sites excluding steroid dienone is 2. The van der Waals surface area contributed by atoms with Crippen LogP contribution in [0.3, 0.4) is 0 Å². The molecule has 1 heterocycles. The summed E-state index contributed by atoms with van der Waals surface area (Å²) in [6.07, 6.45) is 12.6. The molecule has 0 bridgehead atoms. The van der Waals surface area contributed by atoms with Crippen LogP contribution in [0.25, 0.3) is 6.08 Å². The molecule has 1 aliphatic rings. The Morgan fingerprint density at radius 1 is 1.20 bits per heavy atom. The third-order valence-corrected chi connectivity index (χ3v) is 7.62. The molecule has 0 N–H and O–H groups in total. The minimum Gasteiger partial charge on any atom is -0.335 e. The number of carbonyl (C=O) groups excluding carboxylic acids is 2. The van der Waals surface area contributed by atoms with E-state index in [4.69, 9.17) is 11.6 Å². The van der Waals surface area contributed by atoms with Gasteiger partial charge in [0.15, 0.2) is 5.78 Å². The standard InChI is InChI=1S/C30H46ClN3O2.2C2H4/c1-6-26-15-16-28(31)21-27(26)14-10-8-9-12-25-13-11-18-34(30(36)20-25)23-29(35)22-33(7-2)19-17-24(3)32(4)5;2*1-2/h6,8,10,15-16,21,24-25H,1,7,9,11-14,17-20,22-23H2,2-5H3;2*1-2H2/t24?,25-;;/m0../s1. The van der Waals surface area contributed by atoms with Crippen LogP contribution in [0.4, 0.5) is 0 Å². The highest BCUT2D eigenvalue weighted by atomic mass is 35.5. The van der Waals surface area contributed by atoms with Gasteiger partial charge in [0.2, 0.25) is 5.91 Å². The van der Waals surface area contributed by atoms with Crippen LogP contribution in [-0.4, -0.2) is 79.3 Å². The van der Waals surface area contributed by atoms with Crippen molar-refractivity contribution in [1.29, 1.82) is 0 Å². The molecule has 2 rings (SSSR count). The molecule has 1 saturated heterocycles. The monoisotopic (exact) mass is 571 g/mol. The van der Waals surface area contributed by atoms with Crippen molar-refractivity contribution in [1.82, 2.24) is 14.7 Å². The van der Waals surface area contributed by atoms with Crippen molar-refractivity contribution in [3.05, 3.63) is 79.4 Å². The predicted molar refractivity (Wildman–Crippen MR) is 175 cm³/mol. The zero-order valence-corrected chi connectivity index (χ0v) is 26.4. The number of ketones is 1. The maximum absolute atomic E-state index is 12.9. The van der Waals surface area contributed by atoms with Crippen molar-refractivity contribution in [3.8, 4) is 0 Å². The lowest BCUT2D eigenvalue weighted by atomic mass is 9.94. The van der Waals surface area contributed by atoms with Gasteiger partial charge < -0.3 is 9.80 Å². The Morgan fingerprint density at radius 3 is 2.52 bits per heavy atom. The largest absolute Gasteiger partial charge is 0.335 e. The highest BCUT2D eigenvalue weighted by Gasteiger charge is 2.25. The Hall–Kier alpha value is -2.47. The molecule has 0 saturated carbocycles. The fraction of sp³-hybridized carbons (Fsp3) is 0.529. The summed E-state index contributed by atoms with van der Waals surface area (Å²) in [6.45, 7) is 23.3. The van der Waals surface area contributed by atoms with E-state index in [0.29, 0.717) is 31.5 Å². The number of carbonyl (C=O) groups is 2. The second-order valence-electron chi connectivity index (χ2n) is 10.3. The number of likely N-dealkylation sites (N-methyl/N-ethyl adjacent to an activating group) is 1. The van der Waals surface area contributed by atoms with Gasteiger partial charge in [0.25, 0.3) is 0 Å². The number of hydrogen-bond acceptors (Lipinski definition) is 4. The van der Waals surface area contributed by atoms with Gasteiger partial charge in [-0.25, -0.2) is 0 Å². The minimum absolute atomic E-state index is 0.133. The van der Waals surface area contributed by atoms with Crippen molar-refractivity contribution >= 4 is 29.4 Å². The molecular weight excluding hydrogens is 518 g/mol. The van der Waals surface area contributed by atoms with Gasteiger partial charge in [-0.15, -0.1) is 26.3 Å². The lowest BCUT2D eigenvalue weighted by molar-refractivity contribution is -0.135. The van der Waals surface area contributed by atoms with Crippen LogP contribution >= 0.6 is 11.6 Å². The Bertz CT molecular complexity index is 912. The molecule has 0 radical (unpaired) electrons. The highest BCUT2D eigenvalue weighted by molar-refractivity contribution is 6.30. The van der Waals surface area contributed by atoms with Gasteiger partial charge in [-0.2, -0.15) is 0 Å². The van der Waals surface area contributed by atoms with Gasteiger partial charge >= 0.3 is 0 Å². The summed E-state index contributed by atoms with van der Waals surface area (Å²) in [5.41, 5.74) is 2.28. The van der Waals surface area contributed by atoms with Crippen molar-refractivity contribution in [2.75, 3.05) is 46.8 Å². The van der Waals surface area contributed by atoms with Crippen molar-refractivity contribution in [2.24, 2.45) is 5.92 Å². The second-order valence-corrected chi connectivity index (χ2v) is 10.8. The molecule has 0 spiro atoms. The summed E-state index contributed by atoms with van der Waals surface area (Å²) in [5, 5.41) is 0.741. The first-order valence-electron chi connectivity index (χ1n) is 14.5. The van der Waals surface area contributed by atoms with Crippen molar-refractivity contribution in [2.45, 2.75) is 64.8 Å². The number of rotatable bonds is 15. The van der Waals surface area contributed by atoms with Gasteiger partial charge in [0.1, 0.15) is 0 Å². The lowest BCUT2D eigenvalue weighted by Crippen LogP contribution is -2.41. The summed E-state index contributed by atoms with van der Waals surface area (Å²) < 4.78 is 0. The normalized spacial score (nSPS) is 16.1. The van der Waals surface area contributed by atoms with Gasteiger partial charge in [0, 0.05) is 30.6 Å². The lowest BCUT2D eigenvalue weighted by Gasteiger charge is -2.26. The average molecular weight is 572 g/mol. The number of nitrogens with zero attached hydrogens (tertiary/aromatic N) is 3. The molecule has 40 heavy (non-hydrogen) atoms. The molecule has 0 aromatic heterocycles. The van der Waals surface area contributed by atoms with Crippen LogP contribution in [0.1, 0.15) is 63.5 Å². The van der Waals surface area contributed by atoms with Crippen molar-refractivity contribution < 1.29 is 9.59 Å². The third kappa shape index (κ3) is 14.8. The molecule has 1 unspecified atom stereocenters. The number of hydrogen-bond donors (Lipinski definition) is 0. The molecule has 1 aliphatic heterocycles. The van der Waals surface area contributed by atoms with E-state index in [0.717, 1.165) is 62.2 Å². The Labute approximate surface area is 250 Å². The third-order valence-electron chi connectivity index (χ3n) is 7.39. The zero-order valence-electron chi connectivity index (χ0n) is 25.7. The van der Waals surface area contributed by atoms with Gasteiger partial charge in [0.05, 0.1) is 13.1 Å². The molecule has 1 aromatic rings. The first kappa shape index (κ1) is 37.5. The SMILES string of the molecule is C=C.C=C.C=Cc1ccc(Cl)cc1CC=CCC[C@H]1CCCN(CC(=O)CN(CC)CCC(C)N(C)C)C(=O)C1. The van der Waals surface area contributed by atoms with E-state index in [1.54, 1.807) is 4.90 Å². The first-order chi connectivity index (χ1) is 19.2. The number of amides is 1. The van der Waals surface area contributed by atoms with Crippen LogP contribution in [0.2, 0.25) is 5.02 Å². The summed E-state index contributed by atoms with van der Waals surface area (Å²) in [6, 6.07) is 6.36. The van der Waals surface area contributed by atoms with Crippen LogP contribution in [0.5, 0.6) is 0 Å². The summed E-state index contributed by atoms with van der Waals surface area (Å²) >= 11 is 6.14. The van der Waals surface area contributed by atoms with Crippen LogP contribution in [-0.2, 0) is 16.0 Å². The van der Waals surface area contributed by atoms with E-state index in [9.17, 15) is 9.59 Å². The summed E-state index contributed by atoms with van der Waals surface area (Å²) in [7, 11) is 4.17. The summed E-state index contributed by atoms with van der Waals surface area (Å²) in [4.78, 5) is 31.8. The smallest absolute Gasteiger partial charge is 0.223 e.